The Balaban J connectivity index is 2.33. The Hall–Kier alpha value is -1.26. The number of methoxy groups -OCH3 is 2. The van der Waals surface area contributed by atoms with E-state index in [1.807, 2.05) is 0 Å². The molecule has 24 heavy (non-hydrogen) atoms. The maximum atomic E-state index is 11.2. The van der Waals surface area contributed by atoms with Gasteiger partial charge in [-0.2, -0.15) is 0 Å². The maximum absolute atomic E-state index is 11.2. The number of hydrogen-bond donors (Lipinski definition) is 1. The van der Waals surface area contributed by atoms with E-state index in [9.17, 15) is 5.11 Å². The summed E-state index contributed by atoms with van der Waals surface area (Å²) in [4.78, 5) is 0.447. The zero-order valence-corrected chi connectivity index (χ0v) is 13.8. The van der Waals surface area contributed by atoms with Crippen molar-refractivity contribution in [3.63, 3.8) is 0 Å². The number of aliphatic hydroxyl groups is 1. The second-order valence-electron chi connectivity index (χ2n) is 6.10. The summed E-state index contributed by atoms with van der Waals surface area (Å²) in [5.74, 6) is -2.20. The van der Waals surface area contributed by atoms with Crippen molar-refractivity contribution in [3.05, 3.63) is 23.3 Å². The summed E-state index contributed by atoms with van der Waals surface area (Å²) < 4.78 is 128. The van der Waals surface area contributed by atoms with Gasteiger partial charge in [0, 0.05) is 38.2 Å². The van der Waals surface area contributed by atoms with Gasteiger partial charge in [-0.25, -0.2) is 0 Å². The highest BCUT2D eigenvalue weighted by Crippen LogP contribution is 2.44. The maximum Gasteiger partial charge on any atom is 0.161 e. The van der Waals surface area contributed by atoms with Crippen LogP contribution in [-0.2, 0) is 6.37 Å². The van der Waals surface area contributed by atoms with E-state index < -0.39 is 69.3 Å². The zero-order valence-electron chi connectivity index (χ0n) is 27.8. The quantitative estimate of drug-likeness (QED) is 0.910. The number of benzene rings is 1. The van der Waals surface area contributed by atoms with Crippen molar-refractivity contribution < 1.29 is 33.8 Å². The molecule has 0 spiro atoms. The van der Waals surface area contributed by atoms with Crippen LogP contribution < -0.4 is 9.47 Å². The highest BCUT2D eigenvalue weighted by molar-refractivity contribution is 5.49. The standard InChI is InChI=1S/C20H31NO3/c1-20(2,3)11-14-12-21-7-6-13-8-18(23-4)19(24-5)9-15(13)16(21)10-17(14)22/h8-9,14,16-17,22H,6-7,10-12H2,1-5H3/i1D3,2D3,6D2,7D2,11D2,12D2. The Kier molecular flexibility index (Phi) is 1.96. The number of piperidine rings is 1. The van der Waals surface area contributed by atoms with E-state index >= 15 is 0 Å². The van der Waals surface area contributed by atoms with E-state index in [1.54, 1.807) is 0 Å². The summed E-state index contributed by atoms with van der Waals surface area (Å²) >= 11 is 0. The van der Waals surface area contributed by atoms with Crippen LogP contribution in [-0.4, -0.2) is 43.3 Å². The lowest BCUT2D eigenvalue weighted by Crippen LogP contribution is -2.48. The number of aryl methyl sites for hydroxylation is 1. The van der Waals surface area contributed by atoms with Crippen LogP contribution in [0.1, 0.15) is 69.8 Å². The molecule has 3 rings (SSSR count). The van der Waals surface area contributed by atoms with Crippen molar-refractivity contribution in [1.29, 1.82) is 0 Å². The molecule has 1 aromatic carbocycles. The van der Waals surface area contributed by atoms with Gasteiger partial charge in [0.1, 0.15) is 0 Å². The van der Waals surface area contributed by atoms with Crippen LogP contribution in [0.2, 0.25) is 0 Å². The largest absolute Gasteiger partial charge is 0.493 e. The van der Waals surface area contributed by atoms with Gasteiger partial charge in [-0.15, -0.1) is 0 Å². The first kappa shape index (κ1) is 7.16. The fraction of sp³-hybridized carbons (Fsp3) is 0.700. The van der Waals surface area contributed by atoms with E-state index in [-0.39, 0.29) is 22.6 Å². The molecule has 1 fully saturated rings. The van der Waals surface area contributed by atoms with Crippen molar-refractivity contribution >= 4 is 0 Å². The number of hydrogen-bond acceptors (Lipinski definition) is 4. The molecule has 0 bridgehead atoms. The Morgan fingerprint density at radius 3 is 2.75 bits per heavy atom. The summed E-state index contributed by atoms with van der Waals surface area (Å²) in [6, 6.07) is 1.19. The molecular weight excluding hydrogens is 302 g/mol. The molecule has 2 aliphatic heterocycles. The van der Waals surface area contributed by atoms with Crippen LogP contribution in [0.5, 0.6) is 11.5 Å². The van der Waals surface area contributed by atoms with Gasteiger partial charge in [0.25, 0.3) is 0 Å². The van der Waals surface area contributed by atoms with Gasteiger partial charge in [-0.05, 0) is 53.8 Å². The van der Waals surface area contributed by atoms with Crippen LogP contribution in [0, 0.1) is 11.3 Å². The lowest BCUT2D eigenvalue weighted by Gasteiger charge is -2.47. The predicted octanol–water partition coefficient (Wildman–Crippen LogP) is 3.42. The van der Waals surface area contributed by atoms with E-state index in [2.05, 4.69) is 0 Å². The fourth-order valence-corrected chi connectivity index (χ4v) is 3.01. The van der Waals surface area contributed by atoms with Crippen molar-refractivity contribution in [2.45, 2.75) is 51.9 Å². The van der Waals surface area contributed by atoms with Crippen LogP contribution in [0.15, 0.2) is 12.1 Å². The van der Waals surface area contributed by atoms with Gasteiger partial charge in [-0.1, -0.05) is 20.6 Å². The van der Waals surface area contributed by atoms with Crippen molar-refractivity contribution in [2.75, 3.05) is 27.2 Å². The minimum Gasteiger partial charge on any atom is -0.493 e. The van der Waals surface area contributed by atoms with Gasteiger partial charge in [-0.3, -0.25) is 4.90 Å². The number of fused-ring (bicyclic) bond motifs is 3. The lowest BCUT2D eigenvalue weighted by molar-refractivity contribution is -0.0259. The van der Waals surface area contributed by atoms with E-state index in [0.29, 0.717) is 11.8 Å². The Morgan fingerprint density at radius 2 is 2.08 bits per heavy atom. The Morgan fingerprint density at radius 1 is 1.38 bits per heavy atom. The molecule has 0 aromatic heterocycles. The van der Waals surface area contributed by atoms with E-state index in [1.165, 1.54) is 26.4 Å². The highest BCUT2D eigenvalue weighted by atomic mass is 16.5. The van der Waals surface area contributed by atoms with Gasteiger partial charge in [0.2, 0.25) is 0 Å². The second kappa shape index (κ2) is 6.57. The van der Waals surface area contributed by atoms with E-state index in [0.717, 1.165) is 0 Å². The van der Waals surface area contributed by atoms with Crippen LogP contribution in [0.4, 0.5) is 0 Å². The average Bonchev–Trinajstić information content (AvgIpc) is 2.73. The topological polar surface area (TPSA) is 41.9 Å². The third-order valence-electron chi connectivity index (χ3n) is 4.11. The molecular formula is C20H31NO3. The molecule has 0 aliphatic carbocycles. The molecule has 3 atom stereocenters. The molecule has 1 aromatic rings. The van der Waals surface area contributed by atoms with Crippen molar-refractivity contribution in [1.82, 2.24) is 4.90 Å². The summed E-state index contributed by atoms with van der Waals surface area (Å²) in [6.07, 6.45) is -8.91. The Bertz CT molecular complexity index is 1070. The second-order valence-corrected chi connectivity index (χ2v) is 6.10. The third kappa shape index (κ3) is 3.40. The molecule has 3 unspecified atom stereocenters. The highest BCUT2D eigenvalue weighted by Gasteiger charge is 2.39. The zero-order chi connectivity index (χ0) is 29.7. The molecule has 0 radical (unpaired) electrons. The number of ether oxygens (including phenoxy) is 2. The van der Waals surface area contributed by atoms with Gasteiger partial charge in [0.05, 0.1) is 20.3 Å². The molecule has 4 heteroatoms. The first-order valence-electron chi connectivity index (χ1n) is 14.6. The molecule has 1 saturated heterocycles. The minimum atomic E-state index is -3.49. The smallest absolute Gasteiger partial charge is 0.161 e. The minimum absolute atomic E-state index is 0.0547. The molecule has 0 amide bonds. The Labute approximate surface area is 165 Å². The average molecular weight is 348 g/mol. The normalized spacial score (nSPS) is 43.9. The van der Waals surface area contributed by atoms with Crippen LogP contribution in [0.25, 0.3) is 0 Å². The van der Waals surface area contributed by atoms with Gasteiger partial charge < -0.3 is 14.6 Å². The third-order valence-corrected chi connectivity index (χ3v) is 4.11. The van der Waals surface area contributed by atoms with Crippen molar-refractivity contribution in [2.24, 2.45) is 11.3 Å². The first-order valence-corrected chi connectivity index (χ1v) is 7.61. The molecule has 0 saturated carbocycles. The first-order chi connectivity index (χ1) is 16.9. The molecule has 4 nitrogen and oxygen atoms in total. The van der Waals surface area contributed by atoms with E-state index in [4.69, 9.17) is 28.7 Å². The van der Waals surface area contributed by atoms with Gasteiger partial charge in [0.15, 0.2) is 11.5 Å². The molecule has 2 heterocycles. The van der Waals surface area contributed by atoms with Crippen LogP contribution in [0.3, 0.4) is 0 Å². The summed E-state index contributed by atoms with van der Waals surface area (Å²) in [7, 11) is 2.61. The molecule has 1 N–H and O–H groups in total. The monoisotopic (exact) mass is 347 g/mol. The number of nitrogens with zero attached hydrogens (tertiary/aromatic N) is 1. The fourth-order valence-electron chi connectivity index (χ4n) is 3.01. The predicted molar refractivity (Wildman–Crippen MR) is 95.7 cm³/mol. The molecule has 2 aliphatic rings. The molecule has 134 valence electrons. The number of aliphatic hydroxyl groups excluding tert-OH is 1. The van der Waals surface area contributed by atoms with Crippen LogP contribution >= 0.6 is 0 Å². The SMILES string of the molecule is [2H]C1([2H])C(C([2H])([2H])C(C)(C([2H])([2H])[2H])C([2H])([2H])[2H])C(O)CC2c3cc(OC)c(OC)cc3C([2H])([2H])C([2H])([2H])N21. The lowest BCUT2D eigenvalue weighted by atomic mass is 9.75. The van der Waals surface area contributed by atoms with Crippen molar-refractivity contribution in [3.8, 4) is 11.5 Å². The summed E-state index contributed by atoms with van der Waals surface area (Å²) in [6.45, 7) is -12.8. The summed E-state index contributed by atoms with van der Waals surface area (Å²) in [5.41, 5.74) is -3.32. The van der Waals surface area contributed by atoms with Gasteiger partial charge >= 0.3 is 0 Å². The number of rotatable bonds is 3. The summed E-state index contributed by atoms with van der Waals surface area (Å²) in [5, 5.41) is 11.2.